The average molecular weight is 112 g/mol. The lowest BCUT2D eigenvalue weighted by atomic mass is 10.1. The zero-order chi connectivity index (χ0) is 5.98. The standard InChI is InChI=1S/C6H12N2/c1-5-4-6(7)2-3-8-5/h2-3,5-6,8H,4,7H2,1H3. The summed E-state index contributed by atoms with van der Waals surface area (Å²) in [5.74, 6) is 0. The topological polar surface area (TPSA) is 38.0 Å². The fraction of sp³-hybridized carbons (Fsp3) is 0.667. The maximum Gasteiger partial charge on any atom is 0.0260 e. The largest absolute Gasteiger partial charge is 0.389 e. The third kappa shape index (κ3) is 1.23. The van der Waals surface area contributed by atoms with Crippen LogP contribution in [0.15, 0.2) is 12.3 Å². The first-order valence-electron chi connectivity index (χ1n) is 2.97. The van der Waals surface area contributed by atoms with Gasteiger partial charge in [0.25, 0.3) is 0 Å². The van der Waals surface area contributed by atoms with Crippen molar-refractivity contribution in [3.8, 4) is 0 Å². The van der Waals surface area contributed by atoms with Crippen LogP contribution in [0.3, 0.4) is 0 Å². The van der Waals surface area contributed by atoms with Gasteiger partial charge < -0.3 is 11.1 Å². The van der Waals surface area contributed by atoms with Gasteiger partial charge in [-0.05, 0) is 19.5 Å². The van der Waals surface area contributed by atoms with Crippen LogP contribution in [0, 0.1) is 0 Å². The number of hydrogen-bond donors (Lipinski definition) is 2. The SMILES string of the molecule is CC1CC(N)C=CN1. The van der Waals surface area contributed by atoms with E-state index in [1.807, 2.05) is 12.3 Å². The summed E-state index contributed by atoms with van der Waals surface area (Å²) in [6.07, 6.45) is 4.97. The summed E-state index contributed by atoms with van der Waals surface area (Å²) in [5, 5.41) is 3.15. The highest BCUT2D eigenvalue weighted by Gasteiger charge is 2.07. The highest BCUT2D eigenvalue weighted by Crippen LogP contribution is 2.00. The molecule has 0 aromatic rings. The Bertz CT molecular complexity index is 98.7. The van der Waals surface area contributed by atoms with Crippen molar-refractivity contribution in [1.29, 1.82) is 0 Å². The third-order valence-corrected chi connectivity index (χ3v) is 1.35. The monoisotopic (exact) mass is 112 g/mol. The van der Waals surface area contributed by atoms with Gasteiger partial charge in [0.05, 0.1) is 0 Å². The zero-order valence-corrected chi connectivity index (χ0v) is 5.09. The first-order chi connectivity index (χ1) is 3.79. The zero-order valence-electron chi connectivity index (χ0n) is 5.09. The Labute approximate surface area is 49.8 Å². The molecule has 1 rings (SSSR count). The van der Waals surface area contributed by atoms with Gasteiger partial charge in [-0.25, -0.2) is 0 Å². The Morgan fingerprint density at radius 3 is 2.88 bits per heavy atom. The molecule has 0 aromatic heterocycles. The lowest BCUT2D eigenvalue weighted by Crippen LogP contribution is -2.34. The van der Waals surface area contributed by atoms with Crippen LogP contribution >= 0.6 is 0 Å². The molecule has 1 aliphatic rings. The number of nitrogens with two attached hydrogens (primary N) is 1. The van der Waals surface area contributed by atoms with Crippen LogP contribution in [-0.2, 0) is 0 Å². The number of nitrogens with one attached hydrogen (secondary N) is 1. The molecule has 3 N–H and O–H groups in total. The minimum atomic E-state index is 0.270. The van der Waals surface area contributed by atoms with Crippen molar-refractivity contribution >= 4 is 0 Å². The Kier molecular flexibility index (Phi) is 1.53. The van der Waals surface area contributed by atoms with Crippen LogP contribution < -0.4 is 11.1 Å². The normalized spacial score (nSPS) is 36.8. The van der Waals surface area contributed by atoms with Crippen LogP contribution in [0.1, 0.15) is 13.3 Å². The van der Waals surface area contributed by atoms with Crippen LogP contribution in [0.2, 0.25) is 0 Å². The van der Waals surface area contributed by atoms with E-state index in [0.717, 1.165) is 6.42 Å². The van der Waals surface area contributed by atoms with E-state index in [4.69, 9.17) is 5.73 Å². The molecule has 0 spiro atoms. The van der Waals surface area contributed by atoms with Gasteiger partial charge in [-0.15, -0.1) is 0 Å². The van der Waals surface area contributed by atoms with E-state index in [-0.39, 0.29) is 6.04 Å². The quantitative estimate of drug-likeness (QED) is 0.470. The second-order valence-electron chi connectivity index (χ2n) is 2.33. The molecule has 0 radical (unpaired) electrons. The summed E-state index contributed by atoms with van der Waals surface area (Å²) in [6, 6.07) is 0.821. The molecule has 2 unspecified atom stereocenters. The van der Waals surface area contributed by atoms with E-state index in [1.165, 1.54) is 0 Å². The fourth-order valence-corrected chi connectivity index (χ4v) is 0.898. The summed E-state index contributed by atoms with van der Waals surface area (Å²) in [6.45, 7) is 2.13. The maximum absolute atomic E-state index is 5.60. The van der Waals surface area contributed by atoms with Crippen molar-refractivity contribution in [2.45, 2.75) is 25.4 Å². The molecule has 0 aliphatic carbocycles. The van der Waals surface area contributed by atoms with Crippen LogP contribution in [0.5, 0.6) is 0 Å². The Morgan fingerprint density at radius 2 is 2.50 bits per heavy atom. The highest BCUT2D eigenvalue weighted by molar-refractivity contribution is 4.97. The molecule has 0 aromatic carbocycles. The molecular formula is C6H12N2. The molecule has 0 saturated heterocycles. The molecule has 1 heterocycles. The van der Waals surface area contributed by atoms with Crippen molar-refractivity contribution in [2.75, 3.05) is 0 Å². The molecule has 0 amide bonds. The van der Waals surface area contributed by atoms with Crippen molar-refractivity contribution in [3.05, 3.63) is 12.3 Å². The first kappa shape index (κ1) is 5.63. The molecule has 8 heavy (non-hydrogen) atoms. The molecule has 2 atom stereocenters. The van der Waals surface area contributed by atoms with Gasteiger partial charge in [0, 0.05) is 12.1 Å². The van der Waals surface area contributed by atoms with Crippen molar-refractivity contribution in [2.24, 2.45) is 5.73 Å². The Morgan fingerprint density at radius 1 is 1.75 bits per heavy atom. The van der Waals surface area contributed by atoms with Crippen LogP contribution in [0.25, 0.3) is 0 Å². The van der Waals surface area contributed by atoms with E-state index in [0.29, 0.717) is 6.04 Å². The fourth-order valence-electron chi connectivity index (χ4n) is 0.898. The van der Waals surface area contributed by atoms with E-state index in [9.17, 15) is 0 Å². The maximum atomic E-state index is 5.60. The lowest BCUT2D eigenvalue weighted by molar-refractivity contribution is 0.525. The van der Waals surface area contributed by atoms with Gasteiger partial charge in [-0.1, -0.05) is 6.08 Å². The molecule has 0 fully saturated rings. The number of hydrogen-bond acceptors (Lipinski definition) is 2. The van der Waals surface area contributed by atoms with Gasteiger partial charge in [-0.3, -0.25) is 0 Å². The summed E-state index contributed by atoms with van der Waals surface area (Å²) in [7, 11) is 0. The molecule has 2 heteroatoms. The molecule has 1 aliphatic heterocycles. The van der Waals surface area contributed by atoms with Gasteiger partial charge in [-0.2, -0.15) is 0 Å². The summed E-state index contributed by atoms with van der Waals surface area (Å²) >= 11 is 0. The molecule has 2 nitrogen and oxygen atoms in total. The summed E-state index contributed by atoms with van der Waals surface area (Å²) in [4.78, 5) is 0. The molecule has 0 saturated carbocycles. The molecule has 46 valence electrons. The van der Waals surface area contributed by atoms with Crippen molar-refractivity contribution < 1.29 is 0 Å². The molecular weight excluding hydrogens is 100 g/mol. The van der Waals surface area contributed by atoms with E-state index >= 15 is 0 Å². The smallest absolute Gasteiger partial charge is 0.0260 e. The predicted molar refractivity (Wildman–Crippen MR) is 34.3 cm³/mol. The highest BCUT2D eigenvalue weighted by atomic mass is 14.9. The third-order valence-electron chi connectivity index (χ3n) is 1.35. The van der Waals surface area contributed by atoms with E-state index in [2.05, 4.69) is 12.2 Å². The van der Waals surface area contributed by atoms with Gasteiger partial charge >= 0.3 is 0 Å². The van der Waals surface area contributed by atoms with Crippen LogP contribution in [0.4, 0.5) is 0 Å². The van der Waals surface area contributed by atoms with Crippen LogP contribution in [-0.4, -0.2) is 12.1 Å². The average Bonchev–Trinajstić information content (AvgIpc) is 1.64. The first-order valence-corrected chi connectivity index (χ1v) is 2.97. The summed E-state index contributed by atoms with van der Waals surface area (Å²) < 4.78 is 0. The Balaban J connectivity index is 2.42. The van der Waals surface area contributed by atoms with Gasteiger partial charge in [0.2, 0.25) is 0 Å². The lowest BCUT2D eigenvalue weighted by Gasteiger charge is -2.19. The van der Waals surface area contributed by atoms with Crippen molar-refractivity contribution in [3.63, 3.8) is 0 Å². The number of rotatable bonds is 0. The second kappa shape index (κ2) is 2.18. The Hall–Kier alpha value is -0.500. The summed E-state index contributed by atoms with van der Waals surface area (Å²) in [5.41, 5.74) is 5.60. The van der Waals surface area contributed by atoms with E-state index < -0.39 is 0 Å². The second-order valence-corrected chi connectivity index (χ2v) is 2.33. The minimum absolute atomic E-state index is 0.270. The van der Waals surface area contributed by atoms with Gasteiger partial charge in [0.1, 0.15) is 0 Å². The molecule has 0 bridgehead atoms. The van der Waals surface area contributed by atoms with Crippen molar-refractivity contribution in [1.82, 2.24) is 5.32 Å². The predicted octanol–water partition coefficient (Wildman–Crippen LogP) is 0.209. The van der Waals surface area contributed by atoms with E-state index in [1.54, 1.807) is 0 Å². The van der Waals surface area contributed by atoms with Gasteiger partial charge in [0.15, 0.2) is 0 Å². The minimum Gasteiger partial charge on any atom is -0.389 e.